The zero-order valence-corrected chi connectivity index (χ0v) is 17.1. The highest BCUT2D eigenvalue weighted by molar-refractivity contribution is 14.2. The Balaban J connectivity index is 2.22. The van der Waals surface area contributed by atoms with Crippen molar-refractivity contribution in [1.29, 1.82) is 5.26 Å². The summed E-state index contributed by atoms with van der Waals surface area (Å²) < 4.78 is 11.3. The molecule has 2 aromatic carbocycles. The number of anilines is 1. The molecule has 0 amide bonds. The van der Waals surface area contributed by atoms with Gasteiger partial charge in [-0.3, -0.25) is 4.18 Å². The second kappa shape index (κ2) is 7.85. The van der Waals surface area contributed by atoms with Crippen LogP contribution in [0, 0.1) is 25.2 Å². The predicted molar refractivity (Wildman–Crippen MR) is 111 cm³/mol. The summed E-state index contributed by atoms with van der Waals surface area (Å²) in [4.78, 5) is 0. The van der Waals surface area contributed by atoms with Crippen LogP contribution in [-0.2, 0) is 10.6 Å². The zero-order chi connectivity index (χ0) is 18.0. The molecular weight excluding hydrogens is 447 g/mol. The molecule has 4 nitrogen and oxygen atoms in total. The number of hydrogen-bond donors (Lipinski definition) is 1. The summed E-state index contributed by atoms with van der Waals surface area (Å²) in [6.45, 7) is 4.74. The number of benzene rings is 2. The molecule has 130 valence electrons. The van der Waals surface area contributed by atoms with E-state index >= 15 is 0 Å². The van der Waals surface area contributed by atoms with Crippen molar-refractivity contribution >= 4 is 36.1 Å². The molecule has 0 spiro atoms. The van der Waals surface area contributed by atoms with Crippen molar-refractivity contribution in [3.05, 3.63) is 46.5 Å². The first-order chi connectivity index (χ1) is 12.1. The number of halogens is 1. The van der Waals surface area contributed by atoms with Crippen LogP contribution in [0.5, 0.6) is 5.75 Å². The van der Waals surface area contributed by atoms with Crippen molar-refractivity contribution in [1.82, 2.24) is 0 Å². The molecule has 1 unspecified atom stereocenters. The largest absolute Gasteiger partial charge is 0.493 e. The van der Waals surface area contributed by atoms with Gasteiger partial charge in [-0.1, -0.05) is 6.07 Å². The monoisotopic (exact) mass is 466 g/mol. The molecule has 6 heteroatoms. The van der Waals surface area contributed by atoms with E-state index in [2.05, 4.69) is 18.2 Å². The SMILES string of the molecule is Cc1cc(N)c(C)c(C(C#N)OSI)c1-c1ccc2c(c1)CCCO2. The standard InChI is InChI=1S/C19H19IN2O2S/c1-11-8-15(22)12(2)19(17(10-21)24-25-20)18(11)14-5-6-16-13(9-14)4-3-7-23-16/h5-6,8-9,17H,3-4,7,22H2,1-2H3. The molecule has 1 heterocycles. The van der Waals surface area contributed by atoms with Gasteiger partial charge < -0.3 is 10.5 Å². The quantitative estimate of drug-likeness (QED) is 0.368. The van der Waals surface area contributed by atoms with Gasteiger partial charge in [0.05, 0.1) is 15.8 Å². The van der Waals surface area contributed by atoms with E-state index in [1.54, 1.807) is 0 Å². The summed E-state index contributed by atoms with van der Waals surface area (Å²) in [5.74, 6) is 0.956. The van der Waals surface area contributed by atoms with Crippen LogP contribution in [0.2, 0.25) is 0 Å². The lowest BCUT2D eigenvalue weighted by Gasteiger charge is -2.22. The minimum Gasteiger partial charge on any atom is -0.493 e. The van der Waals surface area contributed by atoms with Gasteiger partial charge in [-0.15, -0.1) is 0 Å². The van der Waals surface area contributed by atoms with E-state index in [-0.39, 0.29) is 0 Å². The Labute approximate surface area is 164 Å². The van der Waals surface area contributed by atoms with Crippen molar-refractivity contribution in [3.8, 4) is 22.9 Å². The Hall–Kier alpha value is -1.43. The molecule has 1 aliphatic rings. The van der Waals surface area contributed by atoms with E-state index in [1.807, 2.05) is 47.2 Å². The summed E-state index contributed by atoms with van der Waals surface area (Å²) >= 11 is 2.03. The molecule has 0 aromatic heterocycles. The maximum absolute atomic E-state index is 9.63. The van der Waals surface area contributed by atoms with E-state index < -0.39 is 6.10 Å². The van der Waals surface area contributed by atoms with Crippen molar-refractivity contribution in [2.75, 3.05) is 12.3 Å². The van der Waals surface area contributed by atoms with Gasteiger partial charge in [0, 0.05) is 32.5 Å². The lowest BCUT2D eigenvalue weighted by atomic mass is 9.87. The lowest BCUT2D eigenvalue weighted by Crippen LogP contribution is -2.09. The minimum atomic E-state index is -0.675. The van der Waals surface area contributed by atoms with Crippen LogP contribution in [0.3, 0.4) is 0 Å². The van der Waals surface area contributed by atoms with Crippen LogP contribution in [-0.4, -0.2) is 6.61 Å². The Morgan fingerprint density at radius 1 is 1.36 bits per heavy atom. The van der Waals surface area contributed by atoms with Crippen LogP contribution in [0.4, 0.5) is 5.69 Å². The second-order valence-corrected chi connectivity index (χ2v) is 7.54. The number of nitrogens with two attached hydrogens (primary N) is 1. The molecule has 2 aromatic rings. The van der Waals surface area contributed by atoms with Crippen molar-refractivity contribution < 1.29 is 8.92 Å². The summed E-state index contributed by atoms with van der Waals surface area (Å²) in [6.07, 6.45) is 1.36. The lowest BCUT2D eigenvalue weighted by molar-refractivity contribution is 0.288. The summed E-state index contributed by atoms with van der Waals surface area (Å²) in [5, 5.41) is 9.63. The van der Waals surface area contributed by atoms with E-state index in [1.165, 1.54) is 5.56 Å². The summed E-state index contributed by atoms with van der Waals surface area (Å²) in [5.41, 5.74) is 12.9. The van der Waals surface area contributed by atoms with Gasteiger partial charge in [-0.25, -0.2) is 0 Å². The molecule has 1 atom stereocenters. The highest BCUT2D eigenvalue weighted by Crippen LogP contribution is 2.41. The Kier molecular flexibility index (Phi) is 5.77. The second-order valence-electron chi connectivity index (χ2n) is 6.14. The molecular formula is C19H19IN2O2S. The smallest absolute Gasteiger partial charge is 0.185 e. The van der Waals surface area contributed by atoms with Gasteiger partial charge >= 0.3 is 0 Å². The predicted octanol–water partition coefficient (Wildman–Crippen LogP) is 5.46. The van der Waals surface area contributed by atoms with Crippen LogP contribution < -0.4 is 10.5 Å². The fourth-order valence-corrected chi connectivity index (χ4v) is 4.20. The highest BCUT2D eigenvalue weighted by Gasteiger charge is 2.24. The maximum Gasteiger partial charge on any atom is 0.185 e. The van der Waals surface area contributed by atoms with Gasteiger partial charge in [-0.2, -0.15) is 5.26 Å². The average molecular weight is 466 g/mol. The number of rotatable bonds is 4. The maximum atomic E-state index is 9.63. The average Bonchev–Trinajstić information content (AvgIpc) is 2.62. The molecule has 2 N–H and O–H groups in total. The van der Waals surface area contributed by atoms with E-state index in [4.69, 9.17) is 14.7 Å². The van der Waals surface area contributed by atoms with Crippen molar-refractivity contribution in [2.24, 2.45) is 0 Å². The number of nitriles is 1. The number of hydrogen-bond acceptors (Lipinski definition) is 5. The van der Waals surface area contributed by atoms with Crippen LogP contribution in [0.15, 0.2) is 24.3 Å². The Morgan fingerprint density at radius 3 is 2.88 bits per heavy atom. The first-order valence-corrected chi connectivity index (χ1v) is 11.3. The van der Waals surface area contributed by atoms with Gasteiger partial charge in [0.15, 0.2) is 6.10 Å². The third kappa shape index (κ3) is 3.59. The molecule has 1 aliphatic heterocycles. The molecule has 3 rings (SSSR count). The number of ether oxygens (including phenoxy) is 1. The molecule has 0 radical (unpaired) electrons. The fourth-order valence-electron chi connectivity index (χ4n) is 3.37. The highest BCUT2D eigenvalue weighted by atomic mass is 127. The van der Waals surface area contributed by atoms with Crippen molar-refractivity contribution in [2.45, 2.75) is 32.8 Å². The first-order valence-electron chi connectivity index (χ1n) is 8.06. The molecule has 0 fully saturated rings. The molecule has 25 heavy (non-hydrogen) atoms. The topological polar surface area (TPSA) is 68.3 Å². The minimum absolute atomic E-state index is 0.675. The number of aryl methyl sites for hydroxylation is 2. The molecule has 0 saturated heterocycles. The first kappa shape index (κ1) is 18.4. The van der Waals surface area contributed by atoms with Crippen LogP contribution in [0.25, 0.3) is 11.1 Å². The Bertz CT molecular complexity index is 848. The van der Waals surface area contributed by atoms with Gasteiger partial charge in [-0.05, 0) is 72.7 Å². The normalized spacial score (nSPS) is 14.3. The fraction of sp³-hybridized carbons (Fsp3) is 0.316. The van der Waals surface area contributed by atoms with Crippen molar-refractivity contribution in [3.63, 3.8) is 0 Å². The molecule has 0 saturated carbocycles. The van der Waals surface area contributed by atoms with Gasteiger partial charge in [0.25, 0.3) is 0 Å². The van der Waals surface area contributed by atoms with Gasteiger partial charge in [0.1, 0.15) is 11.8 Å². The third-order valence-electron chi connectivity index (χ3n) is 4.58. The summed E-state index contributed by atoms with van der Waals surface area (Å²) in [7, 11) is 1.16. The van der Waals surface area contributed by atoms with E-state index in [0.29, 0.717) is 5.69 Å². The Morgan fingerprint density at radius 2 is 2.16 bits per heavy atom. The van der Waals surface area contributed by atoms with Gasteiger partial charge in [0.2, 0.25) is 0 Å². The molecule has 0 bridgehead atoms. The van der Waals surface area contributed by atoms with E-state index in [9.17, 15) is 5.26 Å². The third-order valence-corrected chi connectivity index (χ3v) is 5.47. The van der Waals surface area contributed by atoms with E-state index in [0.717, 1.165) is 62.2 Å². The number of fused-ring (bicyclic) bond motifs is 1. The number of nitrogen functional groups attached to an aromatic ring is 1. The van der Waals surface area contributed by atoms with Crippen LogP contribution in [0.1, 0.15) is 34.8 Å². The number of nitrogens with zero attached hydrogens (tertiary/aromatic N) is 1. The van der Waals surface area contributed by atoms with Crippen LogP contribution >= 0.6 is 30.4 Å². The molecule has 0 aliphatic carbocycles. The summed E-state index contributed by atoms with van der Waals surface area (Å²) in [6, 6.07) is 10.5. The zero-order valence-electron chi connectivity index (χ0n) is 14.1.